The van der Waals surface area contributed by atoms with E-state index in [1.54, 1.807) is 0 Å². The summed E-state index contributed by atoms with van der Waals surface area (Å²) in [7, 11) is 0. The Morgan fingerprint density at radius 2 is 1.65 bits per heavy atom. The van der Waals surface area contributed by atoms with Crippen LogP contribution < -0.4 is 5.32 Å². The average molecular weight is 286 g/mol. The summed E-state index contributed by atoms with van der Waals surface area (Å²) in [4.78, 5) is 0. The molecule has 0 bridgehead atoms. The van der Waals surface area contributed by atoms with Crippen molar-refractivity contribution in [1.82, 2.24) is 5.32 Å². The van der Waals surface area contributed by atoms with Crippen molar-refractivity contribution in [3.63, 3.8) is 0 Å². The lowest BCUT2D eigenvalue weighted by Crippen LogP contribution is -2.41. The average Bonchev–Trinajstić information content (AvgIpc) is 2.44. The quantitative estimate of drug-likeness (QED) is 0.839. The fourth-order valence-corrected chi connectivity index (χ4v) is 3.08. The summed E-state index contributed by atoms with van der Waals surface area (Å²) in [5, 5.41) is 4.51. The lowest BCUT2D eigenvalue weighted by atomic mass is 9.75. The zero-order valence-corrected chi connectivity index (χ0v) is 12.5. The monoisotopic (exact) mass is 285 g/mol. The van der Waals surface area contributed by atoms with Crippen LogP contribution >= 0.6 is 11.6 Å². The number of halogens is 1. The van der Waals surface area contributed by atoms with E-state index in [2.05, 4.69) is 54.7 Å². The molecule has 104 valence electrons. The van der Waals surface area contributed by atoms with Gasteiger partial charge in [-0.05, 0) is 48.9 Å². The molecular weight excluding hydrogens is 266 g/mol. The molecule has 1 N–H and O–H groups in total. The van der Waals surface area contributed by atoms with Gasteiger partial charge in [0.1, 0.15) is 0 Å². The van der Waals surface area contributed by atoms with Gasteiger partial charge in [-0.2, -0.15) is 0 Å². The number of benzene rings is 2. The van der Waals surface area contributed by atoms with E-state index in [-0.39, 0.29) is 0 Å². The van der Waals surface area contributed by atoms with E-state index >= 15 is 0 Å². The minimum Gasteiger partial charge on any atom is -0.307 e. The van der Waals surface area contributed by atoms with Crippen LogP contribution in [0.25, 0.3) is 0 Å². The molecule has 0 aromatic heterocycles. The lowest BCUT2D eigenvalue weighted by Gasteiger charge is -2.38. The number of hydrogen-bond donors (Lipinski definition) is 1. The smallest absolute Gasteiger partial charge is 0.0406 e. The first-order chi connectivity index (χ1) is 9.72. The molecule has 1 atom stereocenters. The van der Waals surface area contributed by atoms with Gasteiger partial charge in [-0.3, -0.25) is 0 Å². The van der Waals surface area contributed by atoms with Crippen LogP contribution in [0.3, 0.4) is 0 Å². The van der Waals surface area contributed by atoms with Gasteiger partial charge in [-0.1, -0.05) is 54.1 Å². The maximum Gasteiger partial charge on any atom is 0.0406 e. The number of hydrogen-bond acceptors (Lipinski definition) is 1. The highest BCUT2D eigenvalue weighted by Gasteiger charge is 2.30. The molecule has 1 aliphatic rings. The van der Waals surface area contributed by atoms with Gasteiger partial charge < -0.3 is 5.32 Å². The van der Waals surface area contributed by atoms with Crippen molar-refractivity contribution < 1.29 is 0 Å². The van der Waals surface area contributed by atoms with Gasteiger partial charge in [0.15, 0.2) is 0 Å². The van der Waals surface area contributed by atoms with E-state index in [4.69, 9.17) is 11.6 Å². The van der Waals surface area contributed by atoms with Crippen molar-refractivity contribution in [1.29, 1.82) is 0 Å². The SMILES string of the molecule is CC(NC1CC(c2ccccc2)C1)c1ccc(Cl)cc1. The molecule has 0 radical (unpaired) electrons. The molecule has 0 amide bonds. The molecular formula is C18H20ClN. The third kappa shape index (κ3) is 3.05. The molecule has 1 saturated carbocycles. The summed E-state index contributed by atoms with van der Waals surface area (Å²) in [6.45, 7) is 2.22. The first-order valence-electron chi connectivity index (χ1n) is 7.29. The van der Waals surface area contributed by atoms with Crippen LogP contribution in [0.4, 0.5) is 0 Å². The van der Waals surface area contributed by atoms with Gasteiger partial charge in [0.2, 0.25) is 0 Å². The van der Waals surface area contributed by atoms with Crippen molar-refractivity contribution >= 4 is 11.6 Å². The van der Waals surface area contributed by atoms with Crippen LogP contribution in [-0.2, 0) is 0 Å². The molecule has 2 heteroatoms. The Balaban J connectivity index is 1.52. The third-order valence-electron chi connectivity index (χ3n) is 4.26. The van der Waals surface area contributed by atoms with Gasteiger partial charge in [0, 0.05) is 17.1 Å². The summed E-state index contributed by atoms with van der Waals surface area (Å²) < 4.78 is 0. The van der Waals surface area contributed by atoms with Crippen molar-refractivity contribution in [2.45, 2.75) is 37.8 Å². The summed E-state index contributed by atoms with van der Waals surface area (Å²) >= 11 is 5.93. The second kappa shape index (κ2) is 5.99. The van der Waals surface area contributed by atoms with Crippen LogP contribution in [0.1, 0.15) is 42.9 Å². The molecule has 2 aromatic rings. The summed E-state index contributed by atoms with van der Waals surface area (Å²) in [5.41, 5.74) is 2.78. The normalized spacial score (nSPS) is 23.1. The first-order valence-corrected chi connectivity index (χ1v) is 7.66. The highest BCUT2D eigenvalue weighted by molar-refractivity contribution is 6.30. The standard InChI is InChI=1S/C18H20ClN/c1-13(14-7-9-17(19)10-8-14)20-18-11-16(12-18)15-5-3-2-4-6-15/h2-10,13,16,18,20H,11-12H2,1H3. The summed E-state index contributed by atoms with van der Waals surface area (Å²) in [6.07, 6.45) is 2.48. The zero-order valence-electron chi connectivity index (χ0n) is 11.7. The predicted molar refractivity (Wildman–Crippen MR) is 85.2 cm³/mol. The number of rotatable bonds is 4. The largest absolute Gasteiger partial charge is 0.307 e. The van der Waals surface area contributed by atoms with Gasteiger partial charge in [0.05, 0.1) is 0 Å². The summed E-state index contributed by atoms with van der Waals surface area (Å²) in [5.74, 6) is 0.728. The van der Waals surface area contributed by atoms with Crippen LogP contribution in [0.5, 0.6) is 0 Å². The highest BCUT2D eigenvalue weighted by atomic mass is 35.5. The van der Waals surface area contributed by atoms with E-state index in [1.165, 1.54) is 24.0 Å². The fraction of sp³-hybridized carbons (Fsp3) is 0.333. The van der Waals surface area contributed by atoms with Gasteiger partial charge >= 0.3 is 0 Å². The highest BCUT2D eigenvalue weighted by Crippen LogP contribution is 2.37. The van der Waals surface area contributed by atoms with Crippen molar-refractivity contribution in [2.75, 3.05) is 0 Å². The molecule has 0 aliphatic heterocycles. The lowest BCUT2D eigenvalue weighted by molar-refractivity contribution is 0.271. The van der Waals surface area contributed by atoms with Gasteiger partial charge in [-0.25, -0.2) is 0 Å². The Bertz CT molecular complexity index is 543. The van der Waals surface area contributed by atoms with Crippen molar-refractivity contribution in [3.8, 4) is 0 Å². The molecule has 3 rings (SSSR count). The second-order valence-corrected chi connectivity index (χ2v) is 6.15. The topological polar surface area (TPSA) is 12.0 Å². The molecule has 0 heterocycles. The molecule has 0 spiro atoms. The van der Waals surface area contributed by atoms with Crippen LogP contribution in [0.15, 0.2) is 54.6 Å². The molecule has 20 heavy (non-hydrogen) atoms. The second-order valence-electron chi connectivity index (χ2n) is 5.72. The number of nitrogens with one attached hydrogen (secondary N) is 1. The molecule has 1 aliphatic carbocycles. The van der Waals surface area contributed by atoms with Gasteiger partial charge in [-0.15, -0.1) is 0 Å². The maximum atomic E-state index is 5.93. The predicted octanol–water partition coefficient (Wildman–Crippen LogP) is 4.94. The van der Waals surface area contributed by atoms with Crippen LogP contribution in [-0.4, -0.2) is 6.04 Å². The first kappa shape index (κ1) is 13.7. The molecule has 1 nitrogen and oxygen atoms in total. The van der Waals surface area contributed by atoms with E-state index in [1.807, 2.05) is 12.1 Å². The van der Waals surface area contributed by atoms with Gasteiger partial charge in [0.25, 0.3) is 0 Å². The van der Waals surface area contributed by atoms with Crippen LogP contribution in [0, 0.1) is 0 Å². The zero-order chi connectivity index (χ0) is 13.9. The summed E-state index contributed by atoms with van der Waals surface area (Å²) in [6, 6.07) is 20.0. The van der Waals surface area contributed by atoms with E-state index in [0.717, 1.165) is 10.9 Å². The van der Waals surface area contributed by atoms with E-state index < -0.39 is 0 Å². The maximum absolute atomic E-state index is 5.93. The molecule has 1 unspecified atom stereocenters. The Morgan fingerprint density at radius 3 is 2.30 bits per heavy atom. The third-order valence-corrected chi connectivity index (χ3v) is 4.52. The Labute approximate surface area is 126 Å². The minimum atomic E-state index is 0.383. The minimum absolute atomic E-state index is 0.383. The van der Waals surface area contributed by atoms with Crippen LogP contribution in [0.2, 0.25) is 5.02 Å². The Hall–Kier alpha value is -1.31. The van der Waals surface area contributed by atoms with Crippen molar-refractivity contribution in [3.05, 3.63) is 70.7 Å². The fourth-order valence-electron chi connectivity index (χ4n) is 2.95. The van der Waals surface area contributed by atoms with Crippen molar-refractivity contribution in [2.24, 2.45) is 0 Å². The molecule has 0 saturated heterocycles. The van der Waals surface area contributed by atoms with E-state index in [0.29, 0.717) is 12.1 Å². The van der Waals surface area contributed by atoms with E-state index in [9.17, 15) is 0 Å². The molecule has 1 fully saturated rings. The molecule has 2 aromatic carbocycles. The Morgan fingerprint density at radius 1 is 1.00 bits per heavy atom. The Kier molecular flexibility index (Phi) is 4.09.